The summed E-state index contributed by atoms with van der Waals surface area (Å²) in [4.78, 5) is 26.8. The van der Waals surface area contributed by atoms with E-state index in [0.29, 0.717) is 12.8 Å². The fraction of sp³-hybridized carbons (Fsp3) is 0.900. The molecule has 0 bridgehead atoms. The highest BCUT2D eigenvalue weighted by atomic mass is 31.2. The summed E-state index contributed by atoms with van der Waals surface area (Å²) in [5.74, 6) is 0. The number of phosphoric ester groups is 1. The molecule has 0 spiro atoms. The van der Waals surface area contributed by atoms with Crippen LogP contribution in [0.5, 0.6) is 0 Å². The zero-order valence-corrected chi connectivity index (χ0v) is 10.4. The Labute approximate surface area is 96.4 Å². The molecule has 0 aliphatic carbocycles. The third kappa shape index (κ3) is 13.8. The van der Waals surface area contributed by atoms with Gasteiger partial charge in [-0.05, 0) is 12.8 Å². The van der Waals surface area contributed by atoms with Gasteiger partial charge in [-0.15, -0.1) is 0 Å². The Bertz CT molecular complexity index is 213. The van der Waals surface area contributed by atoms with Gasteiger partial charge in [0, 0.05) is 6.42 Å². The van der Waals surface area contributed by atoms with Crippen LogP contribution in [0, 0.1) is 0 Å². The molecule has 2 N–H and O–H groups in total. The van der Waals surface area contributed by atoms with Gasteiger partial charge in [-0.1, -0.05) is 32.1 Å². The van der Waals surface area contributed by atoms with Crippen LogP contribution in [0.4, 0.5) is 0 Å². The van der Waals surface area contributed by atoms with Gasteiger partial charge in [0.15, 0.2) is 0 Å². The van der Waals surface area contributed by atoms with Crippen molar-refractivity contribution < 1.29 is 23.7 Å². The topological polar surface area (TPSA) is 83.8 Å². The van der Waals surface area contributed by atoms with Crippen molar-refractivity contribution in [2.45, 2.75) is 51.4 Å². The van der Waals surface area contributed by atoms with Crippen molar-refractivity contribution >= 4 is 14.1 Å². The molecule has 0 saturated carbocycles. The number of carbonyl (C=O) groups is 1. The van der Waals surface area contributed by atoms with Crippen molar-refractivity contribution in [2.24, 2.45) is 0 Å². The molecular formula is C10H21O5P. The second-order valence-corrected chi connectivity index (χ2v) is 4.99. The second-order valence-electron chi connectivity index (χ2n) is 3.75. The van der Waals surface area contributed by atoms with Crippen LogP contribution in [0.1, 0.15) is 51.4 Å². The van der Waals surface area contributed by atoms with Crippen molar-refractivity contribution in [1.29, 1.82) is 0 Å². The Hall–Kier alpha value is -0.220. The first-order chi connectivity index (χ1) is 7.56. The lowest BCUT2D eigenvalue weighted by atomic mass is 10.1. The summed E-state index contributed by atoms with van der Waals surface area (Å²) in [6.45, 7) is 0.120. The van der Waals surface area contributed by atoms with Gasteiger partial charge < -0.3 is 14.6 Å². The molecule has 0 heterocycles. The first-order valence-electron chi connectivity index (χ1n) is 5.70. The molecule has 0 aliphatic heterocycles. The van der Waals surface area contributed by atoms with Gasteiger partial charge in [0.1, 0.15) is 6.29 Å². The monoisotopic (exact) mass is 252 g/mol. The van der Waals surface area contributed by atoms with Gasteiger partial charge in [-0.2, -0.15) is 0 Å². The Morgan fingerprint density at radius 3 is 1.94 bits per heavy atom. The number of aldehydes is 1. The van der Waals surface area contributed by atoms with Crippen LogP contribution in [-0.4, -0.2) is 22.7 Å². The number of unbranched alkanes of at least 4 members (excludes halogenated alkanes) is 7. The van der Waals surface area contributed by atoms with E-state index in [0.717, 1.165) is 44.8 Å². The van der Waals surface area contributed by atoms with Gasteiger partial charge in [-0.25, -0.2) is 4.57 Å². The Kier molecular flexibility index (Phi) is 9.83. The fourth-order valence-corrected chi connectivity index (χ4v) is 1.76. The van der Waals surface area contributed by atoms with Crippen molar-refractivity contribution in [1.82, 2.24) is 0 Å². The first-order valence-corrected chi connectivity index (χ1v) is 7.23. The third-order valence-corrected chi connectivity index (χ3v) is 2.74. The fourth-order valence-electron chi connectivity index (χ4n) is 1.40. The van der Waals surface area contributed by atoms with Crippen molar-refractivity contribution in [2.75, 3.05) is 6.61 Å². The van der Waals surface area contributed by atoms with Gasteiger partial charge in [0.2, 0.25) is 0 Å². The Morgan fingerprint density at radius 2 is 1.44 bits per heavy atom. The summed E-state index contributed by atoms with van der Waals surface area (Å²) in [7, 11) is -4.27. The first kappa shape index (κ1) is 15.8. The van der Waals surface area contributed by atoms with E-state index >= 15 is 0 Å². The zero-order chi connectivity index (χ0) is 12.3. The van der Waals surface area contributed by atoms with Crippen LogP contribution >= 0.6 is 7.82 Å². The van der Waals surface area contributed by atoms with Crippen LogP contribution in [0.15, 0.2) is 0 Å². The molecule has 0 radical (unpaired) electrons. The third-order valence-electron chi connectivity index (χ3n) is 2.23. The van der Waals surface area contributed by atoms with Crippen LogP contribution in [-0.2, 0) is 13.9 Å². The molecule has 16 heavy (non-hydrogen) atoms. The highest BCUT2D eigenvalue weighted by Crippen LogP contribution is 2.35. The van der Waals surface area contributed by atoms with Crippen LogP contribution < -0.4 is 0 Å². The normalized spacial score (nSPS) is 11.6. The lowest BCUT2D eigenvalue weighted by Gasteiger charge is -2.04. The molecule has 0 aliphatic rings. The van der Waals surface area contributed by atoms with Gasteiger partial charge in [0.25, 0.3) is 0 Å². The molecule has 0 rings (SSSR count). The molecule has 0 unspecified atom stereocenters. The number of carbonyl (C=O) groups excluding carboxylic acids is 1. The quantitative estimate of drug-likeness (QED) is 0.335. The predicted octanol–water partition coefficient (Wildman–Crippen LogP) is 2.42. The maximum absolute atomic E-state index is 10.3. The average Bonchev–Trinajstić information content (AvgIpc) is 2.19. The van der Waals surface area contributed by atoms with Crippen LogP contribution in [0.3, 0.4) is 0 Å². The Balaban J connectivity index is 3.04. The van der Waals surface area contributed by atoms with E-state index in [-0.39, 0.29) is 6.61 Å². The second kappa shape index (κ2) is 9.97. The average molecular weight is 252 g/mol. The summed E-state index contributed by atoms with van der Waals surface area (Å²) >= 11 is 0. The summed E-state index contributed by atoms with van der Waals surface area (Å²) in [6.07, 6.45) is 8.51. The highest BCUT2D eigenvalue weighted by Gasteiger charge is 2.12. The molecule has 5 nitrogen and oxygen atoms in total. The molecule has 0 amide bonds. The van der Waals surface area contributed by atoms with Gasteiger partial charge in [-0.3, -0.25) is 4.52 Å². The van der Waals surface area contributed by atoms with E-state index in [1.54, 1.807) is 0 Å². The van der Waals surface area contributed by atoms with E-state index in [1.807, 2.05) is 0 Å². The summed E-state index contributed by atoms with van der Waals surface area (Å²) < 4.78 is 14.6. The summed E-state index contributed by atoms with van der Waals surface area (Å²) in [5, 5.41) is 0. The minimum atomic E-state index is -4.27. The molecule has 0 aromatic heterocycles. The molecule has 0 atom stereocenters. The number of hydrogen-bond donors (Lipinski definition) is 2. The highest BCUT2D eigenvalue weighted by molar-refractivity contribution is 7.46. The number of phosphoric acid groups is 1. The molecule has 0 aromatic carbocycles. The SMILES string of the molecule is O=CCCCCCCCCCOP(=O)(O)O. The maximum Gasteiger partial charge on any atom is 0.469 e. The molecular weight excluding hydrogens is 231 g/mol. The largest absolute Gasteiger partial charge is 0.469 e. The van der Waals surface area contributed by atoms with E-state index in [4.69, 9.17) is 9.79 Å². The lowest BCUT2D eigenvalue weighted by Crippen LogP contribution is -1.92. The van der Waals surface area contributed by atoms with Crippen molar-refractivity contribution in [3.63, 3.8) is 0 Å². The standard InChI is InChI=1S/C10H21O5P/c11-9-7-5-3-1-2-4-6-8-10-15-16(12,13)14/h9H,1-8,10H2,(H2,12,13,14). The summed E-state index contributed by atoms with van der Waals surface area (Å²) in [6, 6.07) is 0. The van der Waals surface area contributed by atoms with Gasteiger partial charge >= 0.3 is 7.82 Å². The smallest absolute Gasteiger partial charge is 0.303 e. The summed E-state index contributed by atoms with van der Waals surface area (Å²) in [5.41, 5.74) is 0. The molecule has 0 aromatic rings. The van der Waals surface area contributed by atoms with E-state index in [9.17, 15) is 9.36 Å². The number of hydrogen-bond acceptors (Lipinski definition) is 3. The lowest BCUT2D eigenvalue weighted by molar-refractivity contribution is -0.107. The van der Waals surface area contributed by atoms with E-state index < -0.39 is 7.82 Å². The van der Waals surface area contributed by atoms with Crippen LogP contribution in [0.25, 0.3) is 0 Å². The predicted molar refractivity (Wildman–Crippen MR) is 61.0 cm³/mol. The van der Waals surface area contributed by atoms with Crippen molar-refractivity contribution in [3.8, 4) is 0 Å². The maximum atomic E-state index is 10.3. The molecule has 6 heteroatoms. The molecule has 0 fully saturated rings. The van der Waals surface area contributed by atoms with Gasteiger partial charge in [0.05, 0.1) is 6.61 Å². The van der Waals surface area contributed by atoms with E-state index in [2.05, 4.69) is 4.52 Å². The minimum absolute atomic E-state index is 0.120. The minimum Gasteiger partial charge on any atom is -0.303 e. The zero-order valence-electron chi connectivity index (χ0n) is 9.51. The van der Waals surface area contributed by atoms with E-state index in [1.165, 1.54) is 0 Å². The Morgan fingerprint density at radius 1 is 0.938 bits per heavy atom. The van der Waals surface area contributed by atoms with Crippen molar-refractivity contribution in [3.05, 3.63) is 0 Å². The van der Waals surface area contributed by atoms with Crippen LogP contribution in [0.2, 0.25) is 0 Å². The molecule has 96 valence electrons. The number of rotatable bonds is 11. The molecule has 0 saturated heterocycles.